The molecule has 1 atom stereocenters. The van der Waals surface area contributed by atoms with Crippen LogP contribution in [0.25, 0.3) is 0 Å². The Balaban J connectivity index is 2.64. The van der Waals surface area contributed by atoms with E-state index in [1.807, 2.05) is 32.8 Å². The van der Waals surface area contributed by atoms with Crippen LogP contribution in [0, 0.1) is 5.41 Å². The summed E-state index contributed by atoms with van der Waals surface area (Å²) in [7, 11) is 1.87. The number of ketones is 1. The van der Waals surface area contributed by atoms with E-state index in [-0.39, 0.29) is 17.4 Å². The molecule has 2 N–H and O–H groups in total. The number of nitrogens with one attached hydrogen (secondary N) is 2. The van der Waals surface area contributed by atoms with Gasteiger partial charge in [-0.15, -0.1) is 0 Å². The SMILES string of the molecule is CN1NCNC1C(=O)C(C)(C)C. The molecule has 0 aromatic heterocycles. The van der Waals surface area contributed by atoms with Crippen molar-refractivity contribution >= 4 is 5.78 Å². The first-order valence-electron chi connectivity index (χ1n) is 4.17. The van der Waals surface area contributed by atoms with Crippen molar-refractivity contribution in [3.8, 4) is 0 Å². The summed E-state index contributed by atoms with van der Waals surface area (Å²) in [4.78, 5) is 11.7. The first-order chi connectivity index (χ1) is 5.43. The summed E-state index contributed by atoms with van der Waals surface area (Å²) in [6.45, 7) is 6.47. The van der Waals surface area contributed by atoms with Crippen LogP contribution < -0.4 is 10.7 Å². The molecule has 1 fully saturated rings. The van der Waals surface area contributed by atoms with Crippen LogP contribution in [0.3, 0.4) is 0 Å². The van der Waals surface area contributed by atoms with E-state index in [0.29, 0.717) is 6.67 Å². The Kier molecular flexibility index (Phi) is 2.51. The Hall–Kier alpha value is -0.450. The average molecular weight is 171 g/mol. The summed E-state index contributed by atoms with van der Waals surface area (Å²) in [6, 6.07) is 0. The smallest absolute Gasteiger partial charge is 0.171 e. The number of hydrogen-bond donors (Lipinski definition) is 2. The highest BCUT2D eigenvalue weighted by Crippen LogP contribution is 2.18. The average Bonchev–Trinajstić information content (AvgIpc) is 2.31. The molecule has 0 amide bonds. The number of carbonyl (C=O) groups is 1. The summed E-state index contributed by atoms with van der Waals surface area (Å²) in [5.74, 6) is 0.218. The Morgan fingerprint density at radius 1 is 1.50 bits per heavy atom. The van der Waals surface area contributed by atoms with Gasteiger partial charge in [0.1, 0.15) is 6.17 Å². The predicted molar refractivity (Wildman–Crippen MR) is 47.2 cm³/mol. The monoisotopic (exact) mass is 171 g/mol. The molecule has 1 aliphatic rings. The number of nitrogens with zero attached hydrogens (tertiary/aromatic N) is 1. The summed E-state index contributed by atoms with van der Waals surface area (Å²) in [6.07, 6.45) is -0.176. The standard InChI is InChI=1S/C8H17N3O/c1-8(2,3)6(12)7-9-5-10-11(7)4/h7,9-10H,5H2,1-4H3. The molecule has 1 rings (SSSR count). The molecule has 70 valence electrons. The predicted octanol–water partition coefficient (Wildman–Crippen LogP) is -0.0752. The van der Waals surface area contributed by atoms with Crippen LogP contribution in [0.1, 0.15) is 20.8 Å². The van der Waals surface area contributed by atoms with Crippen molar-refractivity contribution in [3.63, 3.8) is 0 Å². The van der Waals surface area contributed by atoms with Crippen LogP contribution in [0.2, 0.25) is 0 Å². The van der Waals surface area contributed by atoms with Crippen LogP contribution in [-0.2, 0) is 4.79 Å². The molecule has 1 unspecified atom stereocenters. The van der Waals surface area contributed by atoms with Crippen molar-refractivity contribution in [1.29, 1.82) is 0 Å². The van der Waals surface area contributed by atoms with Crippen LogP contribution >= 0.6 is 0 Å². The van der Waals surface area contributed by atoms with E-state index in [0.717, 1.165) is 0 Å². The minimum Gasteiger partial charge on any atom is -0.296 e. The highest BCUT2D eigenvalue weighted by atomic mass is 16.1. The molecule has 0 radical (unpaired) electrons. The molecule has 0 aromatic carbocycles. The summed E-state index contributed by atoms with van der Waals surface area (Å²) >= 11 is 0. The van der Waals surface area contributed by atoms with E-state index in [9.17, 15) is 4.79 Å². The maximum absolute atomic E-state index is 11.7. The van der Waals surface area contributed by atoms with Gasteiger partial charge in [0.25, 0.3) is 0 Å². The zero-order chi connectivity index (χ0) is 9.35. The Morgan fingerprint density at radius 2 is 2.08 bits per heavy atom. The molecule has 1 aliphatic heterocycles. The molecule has 0 aliphatic carbocycles. The molecule has 4 heteroatoms. The molecule has 12 heavy (non-hydrogen) atoms. The van der Waals surface area contributed by atoms with Gasteiger partial charge >= 0.3 is 0 Å². The lowest BCUT2D eigenvalue weighted by molar-refractivity contribution is -0.131. The fourth-order valence-electron chi connectivity index (χ4n) is 1.17. The van der Waals surface area contributed by atoms with Gasteiger partial charge in [-0.2, -0.15) is 0 Å². The lowest BCUT2D eigenvalue weighted by atomic mass is 9.89. The third-order valence-electron chi connectivity index (χ3n) is 2.00. The zero-order valence-electron chi connectivity index (χ0n) is 8.14. The van der Waals surface area contributed by atoms with Crippen LogP contribution in [0.15, 0.2) is 0 Å². The minimum absolute atomic E-state index is 0.176. The molecule has 4 nitrogen and oxygen atoms in total. The summed E-state index contributed by atoms with van der Waals surface area (Å²) in [5, 5.41) is 4.89. The molecule has 1 saturated heterocycles. The first kappa shape index (κ1) is 9.64. The van der Waals surface area contributed by atoms with Gasteiger partial charge in [0, 0.05) is 12.5 Å². The van der Waals surface area contributed by atoms with Crippen molar-refractivity contribution in [1.82, 2.24) is 15.8 Å². The molecule has 0 spiro atoms. The Labute approximate surface area is 73.3 Å². The number of carbonyl (C=O) groups excluding carboxylic acids is 1. The van der Waals surface area contributed by atoms with E-state index in [4.69, 9.17) is 0 Å². The van der Waals surface area contributed by atoms with Crippen molar-refractivity contribution in [2.45, 2.75) is 26.9 Å². The fourth-order valence-corrected chi connectivity index (χ4v) is 1.17. The van der Waals surface area contributed by atoms with Gasteiger partial charge in [0.2, 0.25) is 0 Å². The zero-order valence-corrected chi connectivity index (χ0v) is 8.14. The molecule has 0 aromatic rings. The molecular weight excluding hydrogens is 154 g/mol. The van der Waals surface area contributed by atoms with Gasteiger partial charge in [0.15, 0.2) is 5.78 Å². The van der Waals surface area contributed by atoms with Crippen molar-refractivity contribution in [2.75, 3.05) is 13.7 Å². The molecule has 0 bridgehead atoms. The number of Topliss-reactive ketones (excluding diaryl/α,β-unsaturated/α-hetero) is 1. The van der Waals surface area contributed by atoms with E-state index in [1.165, 1.54) is 0 Å². The van der Waals surface area contributed by atoms with Crippen molar-refractivity contribution in [2.24, 2.45) is 5.41 Å². The third kappa shape index (κ3) is 1.83. The number of rotatable bonds is 1. The minimum atomic E-state index is -0.280. The second kappa shape index (κ2) is 3.12. The third-order valence-corrected chi connectivity index (χ3v) is 2.00. The van der Waals surface area contributed by atoms with E-state index < -0.39 is 0 Å². The topological polar surface area (TPSA) is 44.4 Å². The largest absolute Gasteiger partial charge is 0.296 e. The van der Waals surface area contributed by atoms with Crippen LogP contribution in [0.4, 0.5) is 0 Å². The highest BCUT2D eigenvalue weighted by molar-refractivity contribution is 5.88. The summed E-state index contributed by atoms with van der Waals surface area (Å²) < 4.78 is 0. The normalized spacial score (nSPS) is 26.2. The van der Waals surface area contributed by atoms with E-state index in [1.54, 1.807) is 0 Å². The van der Waals surface area contributed by atoms with E-state index >= 15 is 0 Å². The lowest BCUT2D eigenvalue weighted by Gasteiger charge is -2.25. The van der Waals surface area contributed by atoms with Gasteiger partial charge in [-0.1, -0.05) is 20.8 Å². The van der Waals surface area contributed by atoms with Gasteiger partial charge < -0.3 is 0 Å². The van der Waals surface area contributed by atoms with Gasteiger partial charge in [-0.3, -0.25) is 10.1 Å². The quantitative estimate of drug-likeness (QED) is 0.579. The van der Waals surface area contributed by atoms with Crippen LogP contribution in [-0.4, -0.2) is 30.7 Å². The van der Waals surface area contributed by atoms with Gasteiger partial charge in [-0.25, -0.2) is 10.4 Å². The fraction of sp³-hybridized carbons (Fsp3) is 0.875. The van der Waals surface area contributed by atoms with E-state index in [2.05, 4.69) is 10.7 Å². The number of likely N-dealkylation sites (N-methyl/N-ethyl adjacent to an activating group) is 1. The lowest BCUT2D eigenvalue weighted by Crippen LogP contribution is -2.47. The van der Waals surface area contributed by atoms with Gasteiger partial charge in [-0.05, 0) is 0 Å². The molecular formula is C8H17N3O. The summed E-state index contributed by atoms with van der Waals surface area (Å²) in [5.41, 5.74) is 2.74. The first-order valence-corrected chi connectivity index (χ1v) is 4.17. The molecule has 0 saturated carbocycles. The maximum atomic E-state index is 11.7. The molecule has 1 heterocycles. The van der Waals surface area contributed by atoms with Crippen molar-refractivity contribution in [3.05, 3.63) is 0 Å². The maximum Gasteiger partial charge on any atom is 0.171 e. The second-order valence-electron chi connectivity index (χ2n) is 4.17. The second-order valence-corrected chi connectivity index (χ2v) is 4.17. The van der Waals surface area contributed by atoms with Crippen LogP contribution in [0.5, 0.6) is 0 Å². The number of hydrazine groups is 1. The number of hydrogen-bond acceptors (Lipinski definition) is 4. The van der Waals surface area contributed by atoms with Crippen molar-refractivity contribution < 1.29 is 4.79 Å². The van der Waals surface area contributed by atoms with Gasteiger partial charge in [0.05, 0.1) is 6.67 Å². The Bertz CT molecular complexity index is 185. The highest BCUT2D eigenvalue weighted by Gasteiger charge is 2.34. The Morgan fingerprint density at radius 3 is 2.42 bits per heavy atom.